The number of rotatable bonds is 5. The van der Waals surface area contributed by atoms with Gasteiger partial charge in [0.15, 0.2) is 0 Å². The van der Waals surface area contributed by atoms with Gasteiger partial charge in [0.25, 0.3) is 0 Å². The number of unbranched alkanes of at least 4 members (excludes halogenated alkanes) is 1. The highest BCUT2D eigenvalue weighted by Crippen LogP contribution is 2.29. The van der Waals surface area contributed by atoms with Gasteiger partial charge in [-0.2, -0.15) is 0 Å². The predicted octanol–water partition coefficient (Wildman–Crippen LogP) is 4.25. The Morgan fingerprint density at radius 1 is 0.840 bits per heavy atom. The van der Waals surface area contributed by atoms with Crippen molar-refractivity contribution in [2.24, 2.45) is 11.5 Å². The van der Waals surface area contributed by atoms with Crippen molar-refractivity contribution in [2.75, 3.05) is 0 Å². The molecule has 0 aliphatic rings. The SMILES string of the molecule is CCCCC(c1ccccc1)c1ccccc1.NC(=O)O.NC(=O)O. The average Bonchev–Trinajstić information content (AvgIpc) is 2.56. The van der Waals surface area contributed by atoms with Gasteiger partial charge in [0, 0.05) is 5.92 Å². The molecule has 0 aliphatic carbocycles. The largest absolute Gasteiger partial charge is 0.465 e. The minimum absolute atomic E-state index is 0.553. The summed E-state index contributed by atoms with van der Waals surface area (Å²) in [6.45, 7) is 2.26. The Morgan fingerprint density at radius 3 is 1.44 bits per heavy atom. The molecule has 0 aliphatic heterocycles. The number of nitrogens with two attached hydrogens (primary N) is 2. The zero-order valence-corrected chi connectivity index (χ0v) is 14.3. The van der Waals surface area contributed by atoms with Crippen LogP contribution < -0.4 is 11.5 Å². The molecule has 0 bridgehead atoms. The van der Waals surface area contributed by atoms with Gasteiger partial charge in [-0.3, -0.25) is 0 Å². The summed E-state index contributed by atoms with van der Waals surface area (Å²) in [6.07, 6.45) is 1.12. The number of carboxylic acid groups (broad SMARTS) is 2. The minimum atomic E-state index is -1.33. The van der Waals surface area contributed by atoms with E-state index in [4.69, 9.17) is 19.8 Å². The fourth-order valence-electron chi connectivity index (χ4n) is 2.30. The summed E-state index contributed by atoms with van der Waals surface area (Å²) in [5.74, 6) is 0.553. The van der Waals surface area contributed by atoms with Gasteiger partial charge in [0.05, 0.1) is 0 Å². The molecule has 6 N–H and O–H groups in total. The maximum Gasteiger partial charge on any atom is 0.402 e. The van der Waals surface area contributed by atoms with Gasteiger partial charge in [-0.1, -0.05) is 80.4 Å². The van der Waals surface area contributed by atoms with Crippen LogP contribution in [-0.4, -0.2) is 22.4 Å². The Kier molecular flexibility index (Phi) is 11.8. The number of hydrogen-bond donors (Lipinski definition) is 4. The van der Waals surface area contributed by atoms with Gasteiger partial charge in [-0.25, -0.2) is 9.59 Å². The first-order chi connectivity index (χ1) is 11.9. The molecule has 0 aromatic heterocycles. The Balaban J connectivity index is 0.000000609. The van der Waals surface area contributed by atoms with E-state index in [0.29, 0.717) is 5.92 Å². The summed E-state index contributed by atoms with van der Waals surface area (Å²) in [7, 11) is 0. The van der Waals surface area contributed by atoms with Crippen LogP contribution in [0.1, 0.15) is 43.2 Å². The Bertz CT molecular complexity index is 544. The summed E-state index contributed by atoms with van der Waals surface area (Å²) in [4.78, 5) is 17.6. The molecular formula is C19H26N2O4. The van der Waals surface area contributed by atoms with Crippen LogP contribution in [0.2, 0.25) is 0 Å². The van der Waals surface area contributed by atoms with E-state index in [-0.39, 0.29) is 0 Å². The highest BCUT2D eigenvalue weighted by molar-refractivity contribution is 5.61. The van der Waals surface area contributed by atoms with Crippen LogP contribution in [0.4, 0.5) is 9.59 Å². The lowest BCUT2D eigenvalue weighted by molar-refractivity contribution is 0.204. The summed E-state index contributed by atoms with van der Waals surface area (Å²) in [5, 5.41) is 14.4. The third kappa shape index (κ3) is 12.1. The predicted molar refractivity (Wildman–Crippen MR) is 98.7 cm³/mol. The molecule has 2 amide bonds. The van der Waals surface area contributed by atoms with E-state index >= 15 is 0 Å². The smallest absolute Gasteiger partial charge is 0.402 e. The third-order valence-corrected chi connectivity index (χ3v) is 3.25. The van der Waals surface area contributed by atoms with Crippen molar-refractivity contribution in [1.82, 2.24) is 0 Å². The highest BCUT2D eigenvalue weighted by Gasteiger charge is 2.12. The second kappa shape index (κ2) is 13.4. The molecule has 0 fully saturated rings. The molecule has 0 unspecified atom stereocenters. The molecule has 0 atom stereocenters. The summed E-state index contributed by atoms with van der Waals surface area (Å²) in [6, 6.07) is 21.7. The number of hydrogen-bond acceptors (Lipinski definition) is 2. The Hall–Kier alpha value is -3.02. The molecule has 136 valence electrons. The first kappa shape index (κ1) is 22.0. The van der Waals surface area contributed by atoms with E-state index in [1.807, 2.05) is 0 Å². The zero-order chi connectivity index (χ0) is 19.1. The second-order valence-electron chi connectivity index (χ2n) is 5.19. The molecule has 6 heteroatoms. The van der Waals surface area contributed by atoms with Crippen LogP contribution in [0.25, 0.3) is 0 Å². The van der Waals surface area contributed by atoms with Crippen LogP contribution in [0.3, 0.4) is 0 Å². The van der Waals surface area contributed by atoms with Crippen molar-refractivity contribution in [2.45, 2.75) is 32.1 Å². The number of carbonyl (C=O) groups is 2. The number of benzene rings is 2. The zero-order valence-electron chi connectivity index (χ0n) is 14.3. The van der Waals surface area contributed by atoms with Crippen molar-refractivity contribution >= 4 is 12.2 Å². The standard InChI is InChI=1S/C17H20.2CH3NO2/c1-2-3-14-17(15-10-6-4-7-11-15)16-12-8-5-9-13-16;2*2-1(3)4/h4-13,17H,2-3,14H2,1H3;2*2H2,(H,3,4). The van der Waals surface area contributed by atoms with Gasteiger partial charge < -0.3 is 21.7 Å². The van der Waals surface area contributed by atoms with Gasteiger partial charge in [-0.15, -0.1) is 0 Å². The van der Waals surface area contributed by atoms with Crippen molar-refractivity contribution in [1.29, 1.82) is 0 Å². The van der Waals surface area contributed by atoms with E-state index < -0.39 is 12.2 Å². The fourth-order valence-corrected chi connectivity index (χ4v) is 2.30. The van der Waals surface area contributed by atoms with Gasteiger partial charge in [0.1, 0.15) is 0 Å². The summed E-state index contributed by atoms with van der Waals surface area (Å²) in [5.41, 5.74) is 10.9. The molecular weight excluding hydrogens is 320 g/mol. The molecule has 2 aromatic carbocycles. The van der Waals surface area contributed by atoms with Crippen LogP contribution in [-0.2, 0) is 0 Å². The molecule has 0 saturated heterocycles. The van der Waals surface area contributed by atoms with Crippen LogP contribution in [0.5, 0.6) is 0 Å². The Labute approximate surface area is 148 Å². The van der Waals surface area contributed by atoms with Crippen molar-refractivity contribution in [3.8, 4) is 0 Å². The second-order valence-corrected chi connectivity index (χ2v) is 5.19. The molecule has 2 aromatic rings. The van der Waals surface area contributed by atoms with Gasteiger partial charge in [-0.05, 0) is 17.5 Å². The molecule has 2 rings (SSSR count). The average molecular weight is 346 g/mol. The van der Waals surface area contributed by atoms with Crippen molar-refractivity contribution in [3.05, 3.63) is 71.8 Å². The lowest BCUT2D eigenvalue weighted by Gasteiger charge is -2.17. The van der Waals surface area contributed by atoms with Gasteiger partial charge in [0.2, 0.25) is 0 Å². The quantitative estimate of drug-likeness (QED) is 0.645. The fraction of sp³-hybridized carbons (Fsp3) is 0.263. The molecule has 0 radical (unpaired) electrons. The Morgan fingerprint density at radius 2 is 1.16 bits per heavy atom. The first-order valence-electron chi connectivity index (χ1n) is 7.95. The molecule has 0 spiro atoms. The number of primary amides is 2. The van der Waals surface area contributed by atoms with Crippen molar-refractivity contribution in [3.63, 3.8) is 0 Å². The van der Waals surface area contributed by atoms with E-state index in [2.05, 4.69) is 79.1 Å². The monoisotopic (exact) mass is 346 g/mol. The van der Waals surface area contributed by atoms with Gasteiger partial charge >= 0.3 is 12.2 Å². The molecule has 0 saturated carbocycles. The lowest BCUT2D eigenvalue weighted by Crippen LogP contribution is -2.03. The van der Waals surface area contributed by atoms with Crippen LogP contribution >= 0.6 is 0 Å². The van der Waals surface area contributed by atoms with E-state index in [1.165, 1.54) is 30.4 Å². The minimum Gasteiger partial charge on any atom is -0.465 e. The molecule has 0 heterocycles. The first-order valence-corrected chi connectivity index (χ1v) is 7.95. The highest BCUT2D eigenvalue weighted by atomic mass is 16.4. The maximum atomic E-state index is 8.78. The van der Waals surface area contributed by atoms with Crippen LogP contribution in [0, 0.1) is 0 Å². The maximum absolute atomic E-state index is 8.78. The van der Waals surface area contributed by atoms with E-state index in [0.717, 1.165) is 0 Å². The third-order valence-electron chi connectivity index (χ3n) is 3.25. The summed E-state index contributed by atoms with van der Waals surface area (Å²) < 4.78 is 0. The normalized spacial score (nSPS) is 9.20. The summed E-state index contributed by atoms with van der Waals surface area (Å²) >= 11 is 0. The van der Waals surface area contributed by atoms with E-state index in [9.17, 15) is 0 Å². The topological polar surface area (TPSA) is 127 Å². The van der Waals surface area contributed by atoms with E-state index in [1.54, 1.807) is 0 Å². The van der Waals surface area contributed by atoms with Crippen LogP contribution in [0.15, 0.2) is 60.7 Å². The van der Waals surface area contributed by atoms with Crippen molar-refractivity contribution < 1.29 is 19.8 Å². The lowest BCUT2D eigenvalue weighted by atomic mass is 9.87. The molecule has 6 nitrogen and oxygen atoms in total. The molecule has 25 heavy (non-hydrogen) atoms. The number of amides is 2.